The maximum absolute atomic E-state index is 10.0. The van der Waals surface area contributed by atoms with Crippen molar-refractivity contribution in [1.29, 1.82) is 0 Å². The van der Waals surface area contributed by atoms with E-state index in [0.29, 0.717) is 0 Å². The van der Waals surface area contributed by atoms with Crippen molar-refractivity contribution in [2.75, 3.05) is 6.54 Å². The zero-order chi connectivity index (χ0) is 7.44. The van der Waals surface area contributed by atoms with Gasteiger partial charge in [0, 0.05) is 6.54 Å². The van der Waals surface area contributed by atoms with Gasteiger partial charge in [-0.25, -0.2) is 0 Å². The fourth-order valence-corrected chi connectivity index (χ4v) is 0.485. The van der Waals surface area contributed by atoms with Crippen LogP contribution >= 0.6 is 23.2 Å². The SMILES string of the molecule is NCC(Cl)C(Cl)C(=O)O. The number of hydrogen-bond acceptors (Lipinski definition) is 2. The van der Waals surface area contributed by atoms with Crippen LogP contribution in [-0.2, 0) is 4.79 Å². The van der Waals surface area contributed by atoms with E-state index in [1.807, 2.05) is 0 Å². The quantitative estimate of drug-likeness (QED) is 0.599. The van der Waals surface area contributed by atoms with Gasteiger partial charge in [-0.15, -0.1) is 23.2 Å². The highest BCUT2D eigenvalue weighted by molar-refractivity contribution is 6.36. The third kappa shape index (κ3) is 2.89. The van der Waals surface area contributed by atoms with Crippen molar-refractivity contribution in [3.63, 3.8) is 0 Å². The second-order valence-electron chi connectivity index (χ2n) is 1.49. The smallest absolute Gasteiger partial charge is 0.323 e. The molecule has 0 aromatic heterocycles. The number of rotatable bonds is 3. The van der Waals surface area contributed by atoms with E-state index in [1.165, 1.54) is 0 Å². The first kappa shape index (κ1) is 9.01. The summed E-state index contributed by atoms with van der Waals surface area (Å²) in [7, 11) is 0. The van der Waals surface area contributed by atoms with Crippen LogP contribution in [0.5, 0.6) is 0 Å². The van der Waals surface area contributed by atoms with Gasteiger partial charge in [0.05, 0.1) is 5.38 Å². The standard InChI is InChI=1S/C4H7Cl2NO2/c5-2(1-7)3(6)4(8)9/h2-3H,1,7H2,(H,8,9). The van der Waals surface area contributed by atoms with E-state index >= 15 is 0 Å². The van der Waals surface area contributed by atoms with Gasteiger partial charge in [0.15, 0.2) is 0 Å². The molecule has 3 N–H and O–H groups in total. The molecule has 3 nitrogen and oxygen atoms in total. The molecule has 0 aliphatic rings. The minimum Gasteiger partial charge on any atom is -0.480 e. The van der Waals surface area contributed by atoms with E-state index in [0.717, 1.165) is 0 Å². The molecule has 0 aliphatic heterocycles. The highest BCUT2D eigenvalue weighted by Gasteiger charge is 2.21. The normalized spacial score (nSPS) is 16.8. The molecule has 2 atom stereocenters. The first-order valence-corrected chi connectivity index (χ1v) is 3.18. The molecule has 0 bridgehead atoms. The maximum Gasteiger partial charge on any atom is 0.323 e. The molecule has 0 aromatic carbocycles. The van der Waals surface area contributed by atoms with E-state index in [1.54, 1.807) is 0 Å². The average Bonchev–Trinajstić information content (AvgIpc) is 1.84. The third-order valence-corrected chi connectivity index (χ3v) is 1.83. The third-order valence-electron chi connectivity index (χ3n) is 0.779. The van der Waals surface area contributed by atoms with E-state index in [2.05, 4.69) is 0 Å². The molecular formula is C4H7Cl2NO2. The number of carboxylic acids is 1. The Bertz CT molecular complexity index is 109. The minimum atomic E-state index is -1.14. The van der Waals surface area contributed by atoms with Gasteiger partial charge in [0.1, 0.15) is 5.38 Å². The van der Waals surface area contributed by atoms with Crippen molar-refractivity contribution in [2.24, 2.45) is 5.73 Å². The molecule has 0 fully saturated rings. The van der Waals surface area contributed by atoms with Crippen LogP contribution in [0, 0.1) is 0 Å². The van der Waals surface area contributed by atoms with Crippen LogP contribution in [0.25, 0.3) is 0 Å². The van der Waals surface area contributed by atoms with Gasteiger partial charge >= 0.3 is 5.97 Å². The van der Waals surface area contributed by atoms with Gasteiger partial charge in [-0.05, 0) is 0 Å². The molecule has 9 heavy (non-hydrogen) atoms. The second-order valence-corrected chi connectivity index (χ2v) is 2.52. The number of carbonyl (C=O) groups is 1. The van der Waals surface area contributed by atoms with Gasteiger partial charge in [0.25, 0.3) is 0 Å². The Morgan fingerprint density at radius 3 is 2.22 bits per heavy atom. The molecule has 2 unspecified atom stereocenters. The summed E-state index contributed by atoms with van der Waals surface area (Å²) in [6.45, 7) is 0.0715. The molecule has 0 saturated carbocycles. The first-order chi connectivity index (χ1) is 4.09. The molecule has 0 aromatic rings. The molecule has 0 radical (unpaired) electrons. The maximum atomic E-state index is 10.0. The fourth-order valence-electron chi connectivity index (χ4n) is 0.274. The Hall–Kier alpha value is 0.01000. The molecule has 0 aliphatic carbocycles. The largest absolute Gasteiger partial charge is 0.480 e. The summed E-state index contributed by atoms with van der Waals surface area (Å²) in [6.07, 6.45) is 0. The summed E-state index contributed by atoms with van der Waals surface area (Å²) in [4.78, 5) is 10.0. The van der Waals surface area contributed by atoms with Gasteiger partial charge in [-0.3, -0.25) is 4.79 Å². The Balaban J connectivity index is 3.72. The van der Waals surface area contributed by atoms with E-state index in [9.17, 15) is 4.79 Å². The summed E-state index contributed by atoms with van der Waals surface area (Å²) in [6, 6.07) is 0. The predicted octanol–water partition coefficient (Wildman–Crippen LogP) is 0.244. The summed E-state index contributed by atoms with van der Waals surface area (Å²) in [5, 5.41) is 6.43. The molecule has 0 saturated heterocycles. The highest BCUT2D eigenvalue weighted by atomic mass is 35.5. The first-order valence-electron chi connectivity index (χ1n) is 2.30. The Labute approximate surface area is 62.7 Å². The van der Waals surface area contributed by atoms with Crippen molar-refractivity contribution >= 4 is 29.2 Å². The van der Waals surface area contributed by atoms with Crippen LogP contribution in [0.2, 0.25) is 0 Å². The number of halogens is 2. The highest BCUT2D eigenvalue weighted by Crippen LogP contribution is 2.07. The lowest BCUT2D eigenvalue weighted by molar-refractivity contribution is -0.136. The predicted molar refractivity (Wildman–Crippen MR) is 36.0 cm³/mol. The van der Waals surface area contributed by atoms with Crippen LogP contribution < -0.4 is 5.73 Å². The molecular weight excluding hydrogens is 165 g/mol. The molecule has 54 valence electrons. The van der Waals surface area contributed by atoms with Crippen molar-refractivity contribution in [2.45, 2.75) is 10.8 Å². The molecule has 0 rings (SSSR count). The van der Waals surface area contributed by atoms with Crippen LogP contribution in [0.15, 0.2) is 0 Å². The van der Waals surface area contributed by atoms with Crippen LogP contribution in [0.4, 0.5) is 0 Å². The summed E-state index contributed by atoms with van der Waals surface area (Å²) in [5.74, 6) is -1.14. The van der Waals surface area contributed by atoms with Gasteiger partial charge < -0.3 is 10.8 Å². The fraction of sp³-hybridized carbons (Fsp3) is 0.750. The summed E-state index contributed by atoms with van der Waals surface area (Å²) >= 11 is 10.6. The zero-order valence-corrected chi connectivity index (χ0v) is 6.06. The Morgan fingerprint density at radius 1 is 1.67 bits per heavy atom. The number of aliphatic carboxylic acids is 1. The van der Waals surface area contributed by atoms with Gasteiger partial charge in [0.2, 0.25) is 0 Å². The van der Waals surface area contributed by atoms with Crippen molar-refractivity contribution in [3.05, 3.63) is 0 Å². The lowest BCUT2D eigenvalue weighted by Gasteiger charge is -2.07. The molecule has 0 spiro atoms. The van der Waals surface area contributed by atoms with Crippen molar-refractivity contribution in [1.82, 2.24) is 0 Å². The number of carboxylic acid groups (broad SMARTS) is 1. The van der Waals surface area contributed by atoms with Crippen LogP contribution in [0.3, 0.4) is 0 Å². The monoisotopic (exact) mass is 171 g/mol. The van der Waals surface area contributed by atoms with Gasteiger partial charge in [-0.1, -0.05) is 0 Å². The van der Waals surface area contributed by atoms with Crippen LogP contribution in [0.1, 0.15) is 0 Å². The summed E-state index contributed by atoms with van der Waals surface area (Å²) < 4.78 is 0. The Kier molecular flexibility index (Phi) is 3.93. The van der Waals surface area contributed by atoms with E-state index < -0.39 is 16.7 Å². The number of alkyl halides is 2. The average molecular weight is 172 g/mol. The number of nitrogens with two attached hydrogens (primary N) is 1. The Morgan fingerprint density at radius 2 is 2.11 bits per heavy atom. The topological polar surface area (TPSA) is 63.3 Å². The number of hydrogen-bond donors (Lipinski definition) is 2. The lowest BCUT2D eigenvalue weighted by Crippen LogP contribution is -2.30. The molecule has 5 heteroatoms. The lowest BCUT2D eigenvalue weighted by atomic mass is 10.3. The summed E-state index contributed by atoms with van der Waals surface area (Å²) in [5.41, 5.74) is 5.03. The van der Waals surface area contributed by atoms with E-state index in [-0.39, 0.29) is 6.54 Å². The molecule has 0 amide bonds. The van der Waals surface area contributed by atoms with Crippen molar-refractivity contribution in [3.8, 4) is 0 Å². The minimum absolute atomic E-state index is 0.0715. The van der Waals surface area contributed by atoms with Crippen LogP contribution in [-0.4, -0.2) is 28.4 Å². The molecule has 0 heterocycles. The van der Waals surface area contributed by atoms with Crippen molar-refractivity contribution < 1.29 is 9.90 Å². The van der Waals surface area contributed by atoms with Gasteiger partial charge in [-0.2, -0.15) is 0 Å². The second kappa shape index (κ2) is 3.93. The zero-order valence-electron chi connectivity index (χ0n) is 4.55. The van der Waals surface area contributed by atoms with E-state index in [4.69, 9.17) is 34.0 Å².